The molecule has 4 aromatic rings. The van der Waals surface area contributed by atoms with Crippen molar-refractivity contribution in [2.45, 2.75) is 26.0 Å². The number of thiazole rings is 1. The molecule has 11 nitrogen and oxygen atoms in total. The number of primary amides is 1. The third kappa shape index (κ3) is 5.73. The molecule has 1 aliphatic heterocycles. The minimum absolute atomic E-state index is 0.0251. The number of hydrogen-bond acceptors (Lipinski definition) is 8. The lowest BCUT2D eigenvalue weighted by Gasteiger charge is -2.31. The molecule has 0 radical (unpaired) electrons. The van der Waals surface area contributed by atoms with Crippen molar-refractivity contribution in [2.75, 3.05) is 19.7 Å². The Morgan fingerprint density at radius 1 is 1.31 bits per heavy atom. The van der Waals surface area contributed by atoms with E-state index in [0.717, 1.165) is 17.4 Å². The summed E-state index contributed by atoms with van der Waals surface area (Å²) in [5, 5.41) is 10.9. The number of carbonyl (C=O) groups excluding carboxylic acids is 2. The largest absolute Gasteiger partial charge is 0.501 e. The van der Waals surface area contributed by atoms with Crippen LogP contribution < -0.4 is 11.3 Å². The molecule has 1 unspecified atom stereocenters. The molecule has 1 atom stereocenters. The molecule has 1 fully saturated rings. The summed E-state index contributed by atoms with van der Waals surface area (Å²) in [6, 6.07) is 3.79. The molecule has 0 bridgehead atoms. The van der Waals surface area contributed by atoms with Crippen molar-refractivity contribution in [3.63, 3.8) is 0 Å². The van der Waals surface area contributed by atoms with Crippen LogP contribution in [0.2, 0.25) is 0 Å². The second-order valence-corrected chi connectivity index (χ2v) is 9.82. The first kappa shape index (κ1) is 27.7. The van der Waals surface area contributed by atoms with Crippen LogP contribution in [-0.2, 0) is 22.5 Å². The molecule has 204 valence electrons. The van der Waals surface area contributed by atoms with E-state index in [2.05, 4.69) is 23.1 Å². The van der Waals surface area contributed by atoms with Crippen molar-refractivity contribution in [3.8, 4) is 16.5 Å². The molecule has 13 heteroatoms. The van der Waals surface area contributed by atoms with Gasteiger partial charge < -0.3 is 25.0 Å². The molecule has 1 aliphatic rings. The first-order valence-electron chi connectivity index (χ1n) is 11.9. The van der Waals surface area contributed by atoms with Gasteiger partial charge in [0.15, 0.2) is 5.69 Å². The maximum Gasteiger partial charge on any atom is 0.302 e. The van der Waals surface area contributed by atoms with Crippen molar-refractivity contribution in [1.82, 2.24) is 23.8 Å². The number of carbonyl (C=O) groups is 2. The predicted molar refractivity (Wildman–Crippen MR) is 143 cm³/mol. The molecular formula is C26H27FN6O5S. The fourth-order valence-corrected chi connectivity index (χ4v) is 5.17. The number of nitrogens with zero attached hydrogens (tertiary/aromatic N) is 5. The van der Waals surface area contributed by atoms with E-state index < -0.39 is 23.0 Å². The maximum atomic E-state index is 13.6. The van der Waals surface area contributed by atoms with Crippen molar-refractivity contribution >= 4 is 28.9 Å². The smallest absolute Gasteiger partial charge is 0.302 e. The minimum atomic E-state index is -0.751. The van der Waals surface area contributed by atoms with E-state index >= 15 is 0 Å². The fourth-order valence-electron chi connectivity index (χ4n) is 4.25. The van der Waals surface area contributed by atoms with E-state index in [4.69, 9.17) is 10.5 Å². The number of ether oxygens (including phenoxy) is 1. The van der Waals surface area contributed by atoms with E-state index in [9.17, 15) is 23.9 Å². The fraction of sp³-hybridized carbons (Fsp3) is 0.269. The van der Waals surface area contributed by atoms with Gasteiger partial charge in [0.1, 0.15) is 17.4 Å². The maximum absolute atomic E-state index is 13.6. The highest BCUT2D eigenvalue weighted by molar-refractivity contribution is 7.15. The highest BCUT2D eigenvalue weighted by atomic mass is 32.1. The van der Waals surface area contributed by atoms with Crippen LogP contribution in [0.5, 0.6) is 5.75 Å². The predicted octanol–water partition coefficient (Wildman–Crippen LogP) is 2.20. The normalized spacial score (nSPS) is 15.1. The molecule has 0 aliphatic carbocycles. The van der Waals surface area contributed by atoms with Crippen molar-refractivity contribution in [3.05, 3.63) is 82.1 Å². The highest BCUT2D eigenvalue weighted by Gasteiger charge is 2.24. The van der Waals surface area contributed by atoms with Crippen LogP contribution in [0.3, 0.4) is 0 Å². The van der Waals surface area contributed by atoms with Crippen molar-refractivity contribution in [2.24, 2.45) is 5.73 Å². The summed E-state index contributed by atoms with van der Waals surface area (Å²) in [6.07, 6.45) is 4.70. The topological polar surface area (TPSA) is 145 Å². The Morgan fingerprint density at radius 3 is 2.79 bits per heavy atom. The van der Waals surface area contributed by atoms with Gasteiger partial charge in [-0.15, -0.1) is 24.5 Å². The lowest BCUT2D eigenvalue weighted by atomic mass is 10.0. The molecule has 0 spiro atoms. The summed E-state index contributed by atoms with van der Waals surface area (Å²) >= 11 is 1.16. The van der Waals surface area contributed by atoms with Crippen LogP contribution >= 0.6 is 11.3 Å². The number of fused-ring (bicyclic) bond motifs is 1. The average molecular weight is 555 g/mol. The third-order valence-electron chi connectivity index (χ3n) is 6.08. The second-order valence-electron chi connectivity index (χ2n) is 8.71. The number of halogens is 1. The van der Waals surface area contributed by atoms with Crippen LogP contribution in [-0.4, -0.2) is 66.6 Å². The first-order chi connectivity index (χ1) is 18.7. The van der Waals surface area contributed by atoms with Crippen LogP contribution in [0.15, 0.2) is 54.7 Å². The number of aromatic hydroxyl groups is 1. The standard InChI is InChI=1S/C24H23FN6O5S.C2H4/c1-13-11-29(6-7-36-13)18(32)12-30-4-5-31-23(35)20(33)19(28-24(30)31)22-27-10-16(37-22)8-14-2-3-15(25)9-17(14)21(26)34;1-2/h2-5,9-10,13,33H,6-8,11-12H2,1H3,(H2,26,34);1-2H2. The summed E-state index contributed by atoms with van der Waals surface area (Å²) in [4.78, 5) is 48.6. The minimum Gasteiger partial charge on any atom is -0.501 e. The summed E-state index contributed by atoms with van der Waals surface area (Å²) in [6.45, 7) is 9.28. The Labute approximate surface area is 226 Å². The molecule has 0 saturated carbocycles. The zero-order valence-corrected chi connectivity index (χ0v) is 22.0. The molecule has 5 rings (SSSR count). The second kappa shape index (κ2) is 11.6. The van der Waals surface area contributed by atoms with Crippen LogP contribution in [0.25, 0.3) is 16.5 Å². The number of imidazole rings is 1. The molecule has 39 heavy (non-hydrogen) atoms. The first-order valence-corrected chi connectivity index (χ1v) is 12.8. The summed E-state index contributed by atoms with van der Waals surface area (Å²) in [5.41, 5.74) is 5.24. The zero-order chi connectivity index (χ0) is 28.3. The lowest BCUT2D eigenvalue weighted by Crippen LogP contribution is -2.45. The number of aromatic nitrogens is 4. The van der Waals surface area contributed by atoms with Crippen LogP contribution in [0.4, 0.5) is 4.39 Å². The van der Waals surface area contributed by atoms with Crippen LogP contribution in [0, 0.1) is 5.82 Å². The van der Waals surface area contributed by atoms with Crippen LogP contribution in [0.1, 0.15) is 27.7 Å². The van der Waals surface area contributed by atoms with Gasteiger partial charge in [-0.1, -0.05) is 6.07 Å². The van der Waals surface area contributed by atoms with E-state index in [1.54, 1.807) is 15.7 Å². The highest BCUT2D eigenvalue weighted by Crippen LogP contribution is 2.30. The van der Waals surface area contributed by atoms with E-state index in [0.29, 0.717) is 30.1 Å². The van der Waals surface area contributed by atoms with Gasteiger partial charge in [0, 0.05) is 48.5 Å². The Hall–Kier alpha value is -4.36. The van der Waals surface area contributed by atoms with Gasteiger partial charge in [0.25, 0.3) is 0 Å². The van der Waals surface area contributed by atoms with Gasteiger partial charge >= 0.3 is 5.56 Å². The number of nitrogens with two attached hydrogens (primary N) is 1. The summed E-state index contributed by atoms with van der Waals surface area (Å²) < 4.78 is 21.8. The van der Waals surface area contributed by atoms with E-state index in [-0.39, 0.29) is 47.0 Å². The number of rotatable bonds is 6. The average Bonchev–Trinajstić information content (AvgIpc) is 3.55. The Kier molecular flexibility index (Phi) is 8.21. The van der Waals surface area contributed by atoms with Crippen molar-refractivity contribution < 1.29 is 23.8 Å². The van der Waals surface area contributed by atoms with Gasteiger partial charge in [-0.3, -0.25) is 14.4 Å². The number of amides is 2. The summed E-state index contributed by atoms with van der Waals surface area (Å²) in [5.74, 6) is -1.87. The molecule has 3 N–H and O–H groups in total. The molecular weight excluding hydrogens is 527 g/mol. The number of benzene rings is 1. The van der Waals surface area contributed by atoms with E-state index in [1.165, 1.54) is 28.9 Å². The van der Waals surface area contributed by atoms with Gasteiger partial charge in [-0.2, -0.15) is 0 Å². The molecule has 1 aromatic carbocycles. The van der Waals surface area contributed by atoms with Gasteiger partial charge in [0.2, 0.25) is 23.3 Å². The summed E-state index contributed by atoms with van der Waals surface area (Å²) in [7, 11) is 0. The molecule has 1 saturated heterocycles. The Bertz CT molecular complexity index is 1600. The van der Waals surface area contributed by atoms with E-state index in [1.807, 2.05) is 6.92 Å². The number of hydrogen-bond donors (Lipinski definition) is 2. The number of morpholine rings is 1. The van der Waals surface area contributed by atoms with Gasteiger partial charge in [-0.25, -0.2) is 18.8 Å². The molecule has 2 amide bonds. The zero-order valence-electron chi connectivity index (χ0n) is 21.2. The lowest BCUT2D eigenvalue weighted by molar-refractivity contribution is -0.138. The monoisotopic (exact) mass is 554 g/mol. The third-order valence-corrected chi connectivity index (χ3v) is 7.09. The Balaban J connectivity index is 0.00000172. The van der Waals surface area contributed by atoms with Crippen molar-refractivity contribution in [1.29, 1.82) is 0 Å². The molecule has 4 heterocycles. The Morgan fingerprint density at radius 2 is 2.08 bits per heavy atom. The quantitative estimate of drug-likeness (QED) is 0.348. The SMILES string of the molecule is C=C.CC1CN(C(=O)Cn2ccn3c(=O)c(O)c(-c4ncc(Cc5ccc(F)cc5C(N)=O)s4)nc23)CCO1. The van der Waals surface area contributed by atoms with Gasteiger partial charge in [-0.05, 0) is 24.6 Å². The van der Waals surface area contributed by atoms with Gasteiger partial charge in [0.05, 0.1) is 12.7 Å². The molecule has 3 aromatic heterocycles.